The van der Waals surface area contributed by atoms with Crippen molar-refractivity contribution >= 4 is 0 Å². The molecule has 0 amide bonds. The maximum atomic E-state index is 13.3. The maximum absolute atomic E-state index is 13.3. The first-order valence-corrected chi connectivity index (χ1v) is 4.47. The Morgan fingerprint density at radius 1 is 1.29 bits per heavy atom. The highest BCUT2D eigenvalue weighted by Crippen LogP contribution is 2.61. The summed E-state index contributed by atoms with van der Waals surface area (Å²) in [5.74, 6) is -1.31. The fourth-order valence-corrected chi connectivity index (χ4v) is 1.92. The molecule has 1 unspecified atom stereocenters. The summed E-state index contributed by atoms with van der Waals surface area (Å²) in [5, 5.41) is 0. The zero-order valence-electron chi connectivity index (χ0n) is 8.14. The summed E-state index contributed by atoms with van der Waals surface area (Å²) in [4.78, 5) is 3.43. The number of hydrogen-bond donors (Lipinski definition) is 1. The lowest BCUT2D eigenvalue weighted by Crippen LogP contribution is -2.28. The lowest BCUT2D eigenvalue weighted by molar-refractivity contribution is 0.449. The molecule has 1 saturated carbocycles. The molecule has 1 atom stereocenters. The first-order valence-electron chi connectivity index (χ1n) is 4.47. The SMILES string of the molecule is CC1(C)CC1(N)c1c(F)cncc1F. The van der Waals surface area contributed by atoms with Crippen molar-refractivity contribution in [3.63, 3.8) is 0 Å². The fraction of sp³-hybridized carbons (Fsp3) is 0.500. The van der Waals surface area contributed by atoms with E-state index in [1.54, 1.807) is 0 Å². The first kappa shape index (κ1) is 9.52. The third kappa shape index (κ3) is 1.07. The molecular formula is C10H12F2N2. The van der Waals surface area contributed by atoms with Gasteiger partial charge in [-0.1, -0.05) is 13.8 Å². The van der Waals surface area contributed by atoms with Crippen LogP contribution in [-0.4, -0.2) is 4.98 Å². The van der Waals surface area contributed by atoms with E-state index in [0.717, 1.165) is 12.4 Å². The summed E-state index contributed by atoms with van der Waals surface area (Å²) < 4.78 is 26.7. The van der Waals surface area contributed by atoms with Crippen LogP contribution in [-0.2, 0) is 5.54 Å². The van der Waals surface area contributed by atoms with Gasteiger partial charge in [-0.05, 0) is 11.8 Å². The van der Waals surface area contributed by atoms with E-state index < -0.39 is 17.2 Å². The molecule has 4 heteroatoms. The van der Waals surface area contributed by atoms with Crippen molar-refractivity contribution in [2.45, 2.75) is 25.8 Å². The molecule has 2 nitrogen and oxygen atoms in total. The van der Waals surface area contributed by atoms with E-state index in [1.165, 1.54) is 0 Å². The van der Waals surface area contributed by atoms with Gasteiger partial charge >= 0.3 is 0 Å². The van der Waals surface area contributed by atoms with Gasteiger partial charge in [-0.15, -0.1) is 0 Å². The van der Waals surface area contributed by atoms with Crippen LogP contribution in [0.2, 0.25) is 0 Å². The van der Waals surface area contributed by atoms with Gasteiger partial charge in [0.2, 0.25) is 0 Å². The van der Waals surface area contributed by atoms with E-state index in [0.29, 0.717) is 6.42 Å². The Morgan fingerprint density at radius 2 is 1.71 bits per heavy atom. The van der Waals surface area contributed by atoms with Crippen molar-refractivity contribution in [1.29, 1.82) is 0 Å². The summed E-state index contributed by atoms with van der Waals surface area (Å²) >= 11 is 0. The second-order valence-corrected chi connectivity index (χ2v) is 4.51. The number of aromatic nitrogens is 1. The smallest absolute Gasteiger partial charge is 0.149 e. The predicted molar refractivity (Wildman–Crippen MR) is 48.4 cm³/mol. The van der Waals surface area contributed by atoms with Crippen molar-refractivity contribution in [2.24, 2.45) is 11.1 Å². The summed E-state index contributed by atoms with van der Waals surface area (Å²) in [6.45, 7) is 3.79. The average Bonchev–Trinajstić information content (AvgIpc) is 2.50. The Balaban J connectivity index is 2.54. The fourth-order valence-electron chi connectivity index (χ4n) is 1.92. The van der Waals surface area contributed by atoms with E-state index in [-0.39, 0.29) is 11.0 Å². The summed E-state index contributed by atoms with van der Waals surface area (Å²) in [5.41, 5.74) is 4.80. The first-order chi connectivity index (χ1) is 6.38. The molecule has 0 radical (unpaired) electrons. The van der Waals surface area contributed by atoms with Crippen LogP contribution in [0.3, 0.4) is 0 Å². The topological polar surface area (TPSA) is 38.9 Å². The molecule has 1 heterocycles. The lowest BCUT2D eigenvalue weighted by Gasteiger charge is -2.16. The van der Waals surface area contributed by atoms with Crippen molar-refractivity contribution in [2.75, 3.05) is 0 Å². The summed E-state index contributed by atoms with van der Waals surface area (Å²) in [6.07, 6.45) is 2.60. The normalized spacial score (nSPS) is 28.9. The van der Waals surface area contributed by atoms with Crippen molar-refractivity contribution < 1.29 is 8.78 Å². The monoisotopic (exact) mass is 198 g/mol. The van der Waals surface area contributed by atoms with Gasteiger partial charge in [0, 0.05) is 5.56 Å². The van der Waals surface area contributed by atoms with Crippen LogP contribution in [0, 0.1) is 17.0 Å². The lowest BCUT2D eigenvalue weighted by atomic mass is 9.97. The number of halogens is 2. The minimum Gasteiger partial charge on any atom is -0.321 e. The van der Waals surface area contributed by atoms with E-state index >= 15 is 0 Å². The van der Waals surface area contributed by atoms with Gasteiger partial charge in [-0.3, -0.25) is 4.98 Å². The molecule has 1 aliphatic carbocycles. The van der Waals surface area contributed by atoms with Crippen molar-refractivity contribution in [3.05, 3.63) is 29.6 Å². The number of nitrogens with two attached hydrogens (primary N) is 1. The standard InChI is InChI=1S/C10H12F2N2/c1-9(2)5-10(9,13)8-6(11)3-14-4-7(8)12/h3-4H,5,13H2,1-2H3. The molecule has 0 bridgehead atoms. The average molecular weight is 198 g/mol. The summed E-state index contributed by atoms with van der Waals surface area (Å²) in [7, 11) is 0. The minimum atomic E-state index is -0.871. The van der Waals surface area contributed by atoms with Crippen LogP contribution in [0.15, 0.2) is 12.4 Å². The van der Waals surface area contributed by atoms with E-state index in [9.17, 15) is 8.78 Å². The molecule has 1 aromatic heterocycles. The van der Waals surface area contributed by atoms with Crippen LogP contribution in [0.25, 0.3) is 0 Å². The van der Waals surface area contributed by atoms with Gasteiger partial charge < -0.3 is 5.73 Å². The molecule has 1 aromatic rings. The second-order valence-electron chi connectivity index (χ2n) is 4.51. The molecule has 0 spiro atoms. The highest BCUT2D eigenvalue weighted by Gasteiger charge is 2.61. The van der Waals surface area contributed by atoms with Gasteiger partial charge in [-0.2, -0.15) is 0 Å². The van der Waals surface area contributed by atoms with Crippen LogP contribution in [0.5, 0.6) is 0 Å². The summed E-state index contributed by atoms with van der Waals surface area (Å²) in [6, 6.07) is 0. The Labute approximate surface area is 81.1 Å². The van der Waals surface area contributed by atoms with Gasteiger partial charge in [0.05, 0.1) is 17.9 Å². The highest BCUT2D eigenvalue weighted by molar-refractivity contribution is 5.35. The number of rotatable bonds is 1. The van der Waals surface area contributed by atoms with Crippen molar-refractivity contribution in [1.82, 2.24) is 4.98 Å². The second kappa shape index (κ2) is 2.51. The molecule has 0 aliphatic heterocycles. The van der Waals surface area contributed by atoms with Crippen LogP contribution >= 0.6 is 0 Å². The number of hydrogen-bond acceptors (Lipinski definition) is 2. The molecule has 76 valence electrons. The predicted octanol–water partition coefficient (Wildman–Crippen LogP) is 1.94. The third-order valence-electron chi connectivity index (χ3n) is 3.10. The zero-order valence-corrected chi connectivity index (χ0v) is 8.14. The molecule has 1 aliphatic rings. The Morgan fingerprint density at radius 3 is 2.07 bits per heavy atom. The molecule has 0 aromatic carbocycles. The molecule has 1 fully saturated rings. The molecule has 2 N–H and O–H groups in total. The van der Waals surface area contributed by atoms with Crippen LogP contribution < -0.4 is 5.73 Å². The maximum Gasteiger partial charge on any atom is 0.149 e. The molecule has 0 saturated heterocycles. The Kier molecular flexibility index (Phi) is 1.71. The minimum absolute atomic E-state index is 0.0301. The quantitative estimate of drug-likeness (QED) is 0.749. The van der Waals surface area contributed by atoms with E-state index in [1.807, 2.05) is 13.8 Å². The Hall–Kier alpha value is -1.03. The zero-order chi connectivity index (χ0) is 10.6. The van der Waals surface area contributed by atoms with Gasteiger partial charge in [0.25, 0.3) is 0 Å². The van der Waals surface area contributed by atoms with E-state index in [4.69, 9.17) is 5.73 Å². The Bertz CT molecular complexity index is 369. The van der Waals surface area contributed by atoms with E-state index in [2.05, 4.69) is 4.98 Å². The molecular weight excluding hydrogens is 186 g/mol. The van der Waals surface area contributed by atoms with Crippen molar-refractivity contribution in [3.8, 4) is 0 Å². The van der Waals surface area contributed by atoms with Gasteiger partial charge in [0.1, 0.15) is 11.6 Å². The van der Waals surface area contributed by atoms with Gasteiger partial charge in [-0.25, -0.2) is 8.78 Å². The molecule has 2 rings (SSSR count). The third-order valence-corrected chi connectivity index (χ3v) is 3.10. The number of nitrogens with zero attached hydrogens (tertiary/aromatic N) is 1. The largest absolute Gasteiger partial charge is 0.321 e. The van der Waals surface area contributed by atoms with Gasteiger partial charge in [0.15, 0.2) is 0 Å². The van der Waals surface area contributed by atoms with Crippen LogP contribution in [0.4, 0.5) is 8.78 Å². The highest BCUT2D eigenvalue weighted by atomic mass is 19.1. The van der Waals surface area contributed by atoms with Crippen LogP contribution in [0.1, 0.15) is 25.8 Å². The molecule has 14 heavy (non-hydrogen) atoms. The number of pyridine rings is 1.